The molecule has 0 N–H and O–H groups in total. The average molecular weight is 461 g/mol. The second-order valence-corrected chi connectivity index (χ2v) is 8.62. The van der Waals surface area contributed by atoms with Gasteiger partial charge in [0.15, 0.2) is 0 Å². The molecule has 1 unspecified atom stereocenters. The molecule has 5 nitrogen and oxygen atoms in total. The van der Waals surface area contributed by atoms with E-state index in [1.807, 2.05) is 38.1 Å². The molecule has 0 radical (unpaired) electrons. The van der Waals surface area contributed by atoms with Gasteiger partial charge in [0.25, 0.3) is 5.91 Å². The van der Waals surface area contributed by atoms with E-state index in [4.69, 9.17) is 4.74 Å². The predicted molar refractivity (Wildman–Crippen MR) is 132 cm³/mol. The Labute approximate surface area is 199 Å². The fourth-order valence-corrected chi connectivity index (χ4v) is 4.63. The highest BCUT2D eigenvalue weighted by Crippen LogP contribution is 2.41. The molecule has 34 heavy (non-hydrogen) atoms. The van der Waals surface area contributed by atoms with Crippen LogP contribution in [0.25, 0.3) is 0 Å². The molecule has 1 aliphatic rings. The van der Waals surface area contributed by atoms with Crippen LogP contribution >= 0.6 is 0 Å². The Bertz CT molecular complexity index is 1210. The number of anilines is 2. The highest BCUT2D eigenvalue weighted by Gasteiger charge is 2.38. The van der Waals surface area contributed by atoms with Crippen LogP contribution in [0.3, 0.4) is 0 Å². The largest absolute Gasteiger partial charge is 0.497 e. The maximum atomic E-state index is 14.2. The van der Waals surface area contributed by atoms with Gasteiger partial charge in [0, 0.05) is 29.5 Å². The Morgan fingerprint density at radius 2 is 1.79 bits per heavy atom. The first-order chi connectivity index (χ1) is 16.3. The van der Waals surface area contributed by atoms with Crippen LogP contribution in [0.1, 0.15) is 47.7 Å². The number of methoxy groups -OCH3 is 1. The number of likely N-dealkylation sites (N-methyl/N-ethyl adjacent to an activating group) is 1. The van der Waals surface area contributed by atoms with E-state index in [9.17, 15) is 14.0 Å². The number of carbonyl (C=O) groups is 2. The Morgan fingerprint density at radius 1 is 1.09 bits per heavy atom. The molecule has 0 aliphatic carbocycles. The molecular weight excluding hydrogens is 431 g/mol. The summed E-state index contributed by atoms with van der Waals surface area (Å²) in [5.74, 6) is -0.308. The lowest BCUT2D eigenvalue weighted by Crippen LogP contribution is -2.46. The second-order valence-electron chi connectivity index (χ2n) is 8.62. The third kappa shape index (κ3) is 4.28. The Hall–Kier alpha value is -3.67. The van der Waals surface area contributed by atoms with Gasteiger partial charge in [-0.3, -0.25) is 9.59 Å². The normalized spacial score (nSPS) is 17.1. The summed E-state index contributed by atoms with van der Waals surface area (Å²) < 4.78 is 19.4. The van der Waals surface area contributed by atoms with E-state index in [1.54, 1.807) is 60.2 Å². The van der Waals surface area contributed by atoms with Crippen LogP contribution < -0.4 is 14.5 Å². The summed E-state index contributed by atoms with van der Waals surface area (Å²) in [6.45, 7) is 5.96. The zero-order valence-electron chi connectivity index (χ0n) is 19.9. The number of benzene rings is 3. The number of amides is 2. The van der Waals surface area contributed by atoms with Crippen molar-refractivity contribution in [2.75, 3.05) is 23.5 Å². The number of nitrogens with zero attached hydrogens (tertiary/aromatic N) is 2. The summed E-state index contributed by atoms with van der Waals surface area (Å²) in [7, 11) is 1.58. The van der Waals surface area contributed by atoms with E-state index in [2.05, 4.69) is 0 Å². The zero-order valence-corrected chi connectivity index (χ0v) is 19.9. The number of aryl methyl sites for hydroxylation is 1. The number of hydrogen-bond acceptors (Lipinski definition) is 3. The lowest BCUT2D eigenvalue weighted by molar-refractivity contribution is -0.120. The quantitative estimate of drug-likeness (QED) is 0.489. The molecule has 1 aliphatic heterocycles. The number of ether oxygens (including phenoxy) is 1. The topological polar surface area (TPSA) is 49.9 Å². The van der Waals surface area contributed by atoms with Crippen molar-refractivity contribution in [3.05, 3.63) is 89.2 Å². The molecule has 0 saturated carbocycles. The van der Waals surface area contributed by atoms with E-state index in [0.29, 0.717) is 35.5 Å². The lowest BCUT2D eigenvalue weighted by atomic mass is 9.84. The summed E-state index contributed by atoms with van der Waals surface area (Å²) in [5, 5.41) is 0. The van der Waals surface area contributed by atoms with Crippen molar-refractivity contribution in [3.63, 3.8) is 0 Å². The summed E-state index contributed by atoms with van der Waals surface area (Å²) in [6.07, 6.45) is 0.475. The molecule has 0 spiro atoms. The fourth-order valence-electron chi connectivity index (χ4n) is 4.63. The number of carbonyl (C=O) groups excluding carboxylic acids is 2. The minimum atomic E-state index is -0.435. The van der Waals surface area contributed by atoms with Crippen LogP contribution in [0.15, 0.2) is 66.7 Å². The van der Waals surface area contributed by atoms with Gasteiger partial charge in [-0.25, -0.2) is 4.39 Å². The van der Waals surface area contributed by atoms with E-state index in [-0.39, 0.29) is 23.7 Å². The van der Waals surface area contributed by atoms with Crippen molar-refractivity contribution in [1.82, 2.24) is 0 Å². The third-order valence-electron chi connectivity index (χ3n) is 6.49. The first-order valence-corrected chi connectivity index (χ1v) is 11.5. The Morgan fingerprint density at radius 3 is 2.44 bits per heavy atom. The van der Waals surface area contributed by atoms with Gasteiger partial charge in [-0.05, 0) is 80.8 Å². The summed E-state index contributed by atoms with van der Waals surface area (Å²) in [4.78, 5) is 30.6. The summed E-state index contributed by atoms with van der Waals surface area (Å²) in [6, 6.07) is 19.2. The number of halogens is 1. The Kier molecular flexibility index (Phi) is 6.68. The van der Waals surface area contributed by atoms with Crippen molar-refractivity contribution in [2.24, 2.45) is 0 Å². The number of hydrogen-bond donors (Lipinski definition) is 0. The molecule has 0 bridgehead atoms. The van der Waals surface area contributed by atoms with E-state index in [1.165, 1.54) is 6.07 Å². The third-order valence-corrected chi connectivity index (χ3v) is 6.49. The number of para-hydroxylation sites is 1. The number of fused-ring (bicyclic) bond motifs is 1. The van der Waals surface area contributed by atoms with E-state index < -0.39 is 5.92 Å². The second kappa shape index (κ2) is 9.67. The molecule has 4 rings (SSSR count). The molecule has 0 aromatic heterocycles. The van der Waals surface area contributed by atoms with Gasteiger partial charge < -0.3 is 14.5 Å². The van der Waals surface area contributed by atoms with Crippen LogP contribution in [0.5, 0.6) is 5.75 Å². The highest BCUT2D eigenvalue weighted by atomic mass is 19.1. The van der Waals surface area contributed by atoms with Gasteiger partial charge in [-0.15, -0.1) is 0 Å². The molecule has 1 heterocycles. The molecule has 3 aromatic rings. The molecule has 176 valence electrons. The highest BCUT2D eigenvalue weighted by molar-refractivity contribution is 6.09. The SMILES string of the molecule is CCN(C(=O)C1C[C@H](C)N(C(=O)c2ccc(OC)cc2)c2ccccc21)c1ccc(C)c(F)c1. The van der Waals surface area contributed by atoms with Gasteiger partial charge in [-0.2, -0.15) is 0 Å². The van der Waals surface area contributed by atoms with Crippen LogP contribution in [0.4, 0.5) is 15.8 Å². The van der Waals surface area contributed by atoms with Crippen LogP contribution in [-0.4, -0.2) is 31.5 Å². The van der Waals surface area contributed by atoms with E-state index in [0.717, 1.165) is 11.3 Å². The van der Waals surface area contributed by atoms with Crippen LogP contribution in [-0.2, 0) is 4.79 Å². The lowest BCUT2D eigenvalue weighted by Gasteiger charge is -2.40. The molecule has 0 fully saturated rings. The Balaban J connectivity index is 1.69. The summed E-state index contributed by atoms with van der Waals surface area (Å²) >= 11 is 0. The van der Waals surface area contributed by atoms with Gasteiger partial charge in [-0.1, -0.05) is 24.3 Å². The van der Waals surface area contributed by atoms with Crippen molar-refractivity contribution in [1.29, 1.82) is 0 Å². The van der Waals surface area contributed by atoms with Crippen molar-refractivity contribution in [2.45, 2.75) is 39.2 Å². The van der Waals surface area contributed by atoms with Gasteiger partial charge in [0.05, 0.1) is 13.0 Å². The minimum absolute atomic E-state index is 0.0957. The standard InChI is InChI=1S/C28H29FN2O3/c1-5-30(21-13-10-18(2)25(29)17-21)28(33)24-16-19(3)31(26-9-7-6-8-23(24)26)27(32)20-11-14-22(34-4)15-12-20/h6-15,17,19,24H,5,16H2,1-4H3/t19-,24?/m0/s1. The van der Waals surface area contributed by atoms with Gasteiger partial charge in [0.2, 0.25) is 5.91 Å². The molecule has 6 heteroatoms. The van der Waals surface area contributed by atoms with Crippen LogP contribution in [0, 0.1) is 12.7 Å². The molecule has 0 saturated heterocycles. The molecular formula is C28H29FN2O3. The van der Waals surface area contributed by atoms with Gasteiger partial charge >= 0.3 is 0 Å². The number of rotatable bonds is 5. The first kappa shape index (κ1) is 23.5. The van der Waals surface area contributed by atoms with Crippen molar-refractivity contribution >= 4 is 23.2 Å². The fraction of sp³-hybridized carbons (Fsp3) is 0.286. The predicted octanol–water partition coefficient (Wildman–Crippen LogP) is 5.72. The first-order valence-electron chi connectivity index (χ1n) is 11.5. The smallest absolute Gasteiger partial charge is 0.258 e. The summed E-state index contributed by atoms with van der Waals surface area (Å²) in [5.41, 5.74) is 3.16. The minimum Gasteiger partial charge on any atom is -0.497 e. The maximum absolute atomic E-state index is 14.2. The van der Waals surface area contributed by atoms with Gasteiger partial charge in [0.1, 0.15) is 11.6 Å². The average Bonchev–Trinajstić information content (AvgIpc) is 2.85. The molecule has 3 aromatic carbocycles. The molecule has 2 atom stereocenters. The zero-order chi connectivity index (χ0) is 24.4. The van der Waals surface area contributed by atoms with Crippen molar-refractivity contribution < 1.29 is 18.7 Å². The molecule has 2 amide bonds. The van der Waals surface area contributed by atoms with Crippen molar-refractivity contribution in [3.8, 4) is 5.75 Å². The monoisotopic (exact) mass is 460 g/mol. The maximum Gasteiger partial charge on any atom is 0.258 e. The van der Waals surface area contributed by atoms with E-state index >= 15 is 0 Å². The van der Waals surface area contributed by atoms with Crippen LogP contribution in [0.2, 0.25) is 0 Å².